The lowest BCUT2D eigenvalue weighted by molar-refractivity contribution is 0.0748. The van der Waals surface area contributed by atoms with Gasteiger partial charge in [0.25, 0.3) is 5.91 Å². The Labute approximate surface area is 205 Å². The van der Waals surface area contributed by atoms with E-state index in [1.165, 1.54) is 0 Å². The average molecular weight is 468 g/mol. The zero-order valence-electron chi connectivity index (χ0n) is 20.1. The molecule has 6 nitrogen and oxygen atoms in total. The molecule has 0 aliphatic carbocycles. The molecule has 0 unspecified atom stereocenters. The number of hydrogen-bond acceptors (Lipinski definition) is 5. The van der Waals surface area contributed by atoms with Gasteiger partial charge in [0, 0.05) is 37.1 Å². The summed E-state index contributed by atoms with van der Waals surface area (Å²) in [6.45, 7) is 5.42. The van der Waals surface area contributed by atoms with Crippen LogP contribution in [0.5, 0.6) is 11.5 Å². The number of anilines is 1. The van der Waals surface area contributed by atoms with Gasteiger partial charge in [-0.1, -0.05) is 30.3 Å². The van der Waals surface area contributed by atoms with Crippen LogP contribution in [0.2, 0.25) is 0 Å². The van der Waals surface area contributed by atoms with E-state index < -0.39 is 0 Å². The third-order valence-electron chi connectivity index (χ3n) is 6.41. The number of hydrogen-bond donors (Lipinski definition) is 0. The molecule has 5 rings (SSSR count). The summed E-state index contributed by atoms with van der Waals surface area (Å²) in [6, 6.07) is 25.6. The van der Waals surface area contributed by atoms with E-state index in [9.17, 15) is 4.79 Å². The molecule has 178 valence electrons. The van der Waals surface area contributed by atoms with Crippen LogP contribution in [-0.2, 0) is 0 Å². The van der Waals surface area contributed by atoms with Crippen LogP contribution in [0.4, 0.5) is 5.69 Å². The van der Waals surface area contributed by atoms with Crippen molar-refractivity contribution in [3.63, 3.8) is 0 Å². The Morgan fingerprint density at radius 3 is 2.37 bits per heavy atom. The molecule has 1 fully saturated rings. The molecule has 2 heterocycles. The number of aromatic nitrogens is 1. The number of para-hydroxylation sites is 3. The molecule has 0 bridgehead atoms. The molecule has 1 saturated heterocycles. The lowest BCUT2D eigenvalue weighted by Gasteiger charge is -2.37. The van der Waals surface area contributed by atoms with Crippen molar-refractivity contribution >= 4 is 22.5 Å². The number of piperazine rings is 1. The zero-order valence-corrected chi connectivity index (χ0v) is 20.1. The number of methoxy groups -OCH3 is 1. The maximum atomic E-state index is 13.7. The first-order valence-electron chi connectivity index (χ1n) is 12.0. The summed E-state index contributed by atoms with van der Waals surface area (Å²) >= 11 is 0. The maximum absolute atomic E-state index is 13.7. The van der Waals surface area contributed by atoms with Gasteiger partial charge in [0.15, 0.2) is 0 Å². The average Bonchev–Trinajstić information content (AvgIpc) is 2.93. The van der Waals surface area contributed by atoms with E-state index in [1.807, 2.05) is 84.6 Å². The number of carbonyl (C=O) groups is 1. The van der Waals surface area contributed by atoms with Gasteiger partial charge >= 0.3 is 0 Å². The number of ether oxygens (including phenoxy) is 2. The van der Waals surface area contributed by atoms with Crippen LogP contribution in [0, 0.1) is 0 Å². The number of pyridine rings is 1. The highest BCUT2D eigenvalue weighted by atomic mass is 16.5. The second-order valence-corrected chi connectivity index (χ2v) is 8.48. The third-order valence-corrected chi connectivity index (χ3v) is 6.41. The van der Waals surface area contributed by atoms with Crippen molar-refractivity contribution in [3.05, 3.63) is 84.4 Å². The van der Waals surface area contributed by atoms with Gasteiger partial charge in [0.1, 0.15) is 11.5 Å². The van der Waals surface area contributed by atoms with E-state index in [4.69, 9.17) is 14.5 Å². The van der Waals surface area contributed by atoms with E-state index in [0.717, 1.165) is 52.4 Å². The van der Waals surface area contributed by atoms with Gasteiger partial charge in [-0.3, -0.25) is 4.79 Å². The van der Waals surface area contributed by atoms with Crippen LogP contribution in [0.3, 0.4) is 0 Å². The largest absolute Gasteiger partial charge is 0.497 e. The van der Waals surface area contributed by atoms with Crippen LogP contribution >= 0.6 is 0 Å². The van der Waals surface area contributed by atoms with Crippen LogP contribution in [0.25, 0.3) is 22.2 Å². The SMILES string of the molecule is CCOc1ccccc1N1CCN(C(=O)c2cc(-c3ccc(OC)cc3)nc3ccccc23)CC1. The fourth-order valence-corrected chi connectivity index (χ4v) is 4.58. The van der Waals surface area contributed by atoms with Crippen molar-refractivity contribution in [2.75, 3.05) is 44.8 Å². The Bertz CT molecular complexity index is 1330. The second-order valence-electron chi connectivity index (χ2n) is 8.48. The summed E-state index contributed by atoms with van der Waals surface area (Å²) in [6.07, 6.45) is 0. The molecule has 0 atom stereocenters. The van der Waals surface area contributed by atoms with Gasteiger partial charge < -0.3 is 19.3 Å². The quantitative estimate of drug-likeness (QED) is 0.387. The first-order valence-corrected chi connectivity index (χ1v) is 12.0. The summed E-state index contributed by atoms with van der Waals surface area (Å²) in [7, 11) is 1.65. The lowest BCUT2D eigenvalue weighted by atomic mass is 10.0. The lowest BCUT2D eigenvalue weighted by Crippen LogP contribution is -2.49. The smallest absolute Gasteiger partial charge is 0.254 e. The molecule has 0 saturated carbocycles. The Hall–Kier alpha value is -4.06. The number of benzene rings is 3. The zero-order chi connectivity index (χ0) is 24.2. The molecule has 0 N–H and O–H groups in total. The minimum Gasteiger partial charge on any atom is -0.497 e. The summed E-state index contributed by atoms with van der Waals surface area (Å²) < 4.78 is 11.1. The molecule has 1 aliphatic heterocycles. The predicted molar refractivity (Wildman–Crippen MR) is 139 cm³/mol. The predicted octanol–water partition coefficient (Wildman–Crippen LogP) is 5.27. The Morgan fingerprint density at radius 1 is 0.914 bits per heavy atom. The van der Waals surface area contributed by atoms with E-state index in [-0.39, 0.29) is 5.91 Å². The molecule has 0 radical (unpaired) electrons. The van der Waals surface area contributed by atoms with Crippen molar-refractivity contribution in [2.45, 2.75) is 6.92 Å². The van der Waals surface area contributed by atoms with Gasteiger partial charge in [0.05, 0.1) is 36.2 Å². The normalized spacial score (nSPS) is 13.7. The molecular formula is C29H29N3O3. The van der Waals surface area contributed by atoms with Crippen LogP contribution in [0.1, 0.15) is 17.3 Å². The number of fused-ring (bicyclic) bond motifs is 1. The molecule has 6 heteroatoms. The fourth-order valence-electron chi connectivity index (χ4n) is 4.58. The van der Waals surface area contributed by atoms with Crippen LogP contribution in [0.15, 0.2) is 78.9 Å². The number of amides is 1. The van der Waals surface area contributed by atoms with E-state index >= 15 is 0 Å². The van der Waals surface area contributed by atoms with Crippen molar-refractivity contribution in [1.82, 2.24) is 9.88 Å². The third kappa shape index (κ3) is 4.64. The number of rotatable bonds is 6. The van der Waals surface area contributed by atoms with Gasteiger partial charge in [-0.2, -0.15) is 0 Å². The second kappa shape index (κ2) is 10.1. The highest BCUT2D eigenvalue weighted by Gasteiger charge is 2.25. The van der Waals surface area contributed by atoms with Crippen molar-refractivity contribution in [2.24, 2.45) is 0 Å². The van der Waals surface area contributed by atoms with Gasteiger partial charge in [0.2, 0.25) is 0 Å². The highest BCUT2D eigenvalue weighted by molar-refractivity contribution is 6.07. The molecule has 1 aliphatic rings. The van der Waals surface area contributed by atoms with Crippen LogP contribution < -0.4 is 14.4 Å². The monoisotopic (exact) mass is 467 g/mol. The van der Waals surface area contributed by atoms with Crippen molar-refractivity contribution < 1.29 is 14.3 Å². The Balaban J connectivity index is 1.41. The molecular weight excluding hydrogens is 438 g/mol. The van der Waals surface area contributed by atoms with Gasteiger partial charge in [-0.05, 0) is 55.5 Å². The summed E-state index contributed by atoms with van der Waals surface area (Å²) in [5, 5.41) is 0.874. The standard InChI is InChI=1S/C29H29N3O3/c1-3-35-28-11-7-6-10-27(28)31-16-18-32(19-17-31)29(33)24-20-26(21-12-14-22(34-2)15-13-21)30-25-9-5-4-8-23(24)25/h4-15,20H,3,16-19H2,1-2H3. The first kappa shape index (κ1) is 22.7. The molecule has 3 aromatic carbocycles. The molecule has 0 spiro atoms. The van der Waals surface area contributed by atoms with Gasteiger partial charge in [-0.15, -0.1) is 0 Å². The Morgan fingerprint density at radius 2 is 1.63 bits per heavy atom. The van der Waals surface area contributed by atoms with E-state index in [1.54, 1.807) is 7.11 Å². The minimum atomic E-state index is 0.0381. The summed E-state index contributed by atoms with van der Waals surface area (Å²) in [4.78, 5) is 22.8. The maximum Gasteiger partial charge on any atom is 0.254 e. The molecule has 35 heavy (non-hydrogen) atoms. The molecule has 1 aromatic heterocycles. The van der Waals surface area contributed by atoms with Crippen molar-refractivity contribution in [1.29, 1.82) is 0 Å². The fraction of sp³-hybridized carbons (Fsp3) is 0.241. The highest BCUT2D eigenvalue weighted by Crippen LogP contribution is 2.30. The van der Waals surface area contributed by atoms with E-state index in [0.29, 0.717) is 25.3 Å². The van der Waals surface area contributed by atoms with Gasteiger partial charge in [-0.25, -0.2) is 4.98 Å². The molecule has 1 amide bonds. The van der Waals surface area contributed by atoms with E-state index in [2.05, 4.69) is 11.0 Å². The topological polar surface area (TPSA) is 54.9 Å². The minimum absolute atomic E-state index is 0.0381. The number of nitrogens with zero attached hydrogens (tertiary/aromatic N) is 3. The van der Waals surface area contributed by atoms with Crippen LogP contribution in [-0.4, -0.2) is 55.7 Å². The Kier molecular flexibility index (Phi) is 6.53. The van der Waals surface area contributed by atoms with Crippen molar-refractivity contribution in [3.8, 4) is 22.8 Å². The summed E-state index contributed by atoms with van der Waals surface area (Å²) in [5.41, 5.74) is 4.30. The molecule has 4 aromatic rings. The summed E-state index contributed by atoms with van der Waals surface area (Å²) in [5.74, 6) is 1.71. The number of carbonyl (C=O) groups excluding carboxylic acids is 1. The first-order chi connectivity index (χ1) is 17.2.